The Bertz CT molecular complexity index is 602. The zero-order valence-electron chi connectivity index (χ0n) is 12.1. The molecule has 1 aliphatic rings. The number of aromatic nitrogens is 2. The maximum absolute atomic E-state index is 6.09. The number of ether oxygens (including phenoxy) is 1. The van der Waals surface area contributed by atoms with Crippen LogP contribution in [0.25, 0.3) is 11.0 Å². The zero-order chi connectivity index (χ0) is 14.1. The minimum Gasteiger partial charge on any atom is -0.376 e. The fourth-order valence-electron chi connectivity index (χ4n) is 2.86. The molecule has 0 spiro atoms. The second kappa shape index (κ2) is 5.74. The van der Waals surface area contributed by atoms with Gasteiger partial charge in [0, 0.05) is 17.5 Å². The van der Waals surface area contributed by atoms with E-state index in [2.05, 4.69) is 24.5 Å². The van der Waals surface area contributed by atoms with E-state index >= 15 is 0 Å². The minimum atomic E-state index is 0.325. The molecular formula is C16H21ClN2O. The van der Waals surface area contributed by atoms with Crippen LogP contribution >= 0.6 is 11.6 Å². The summed E-state index contributed by atoms with van der Waals surface area (Å²) < 4.78 is 8.12. The largest absolute Gasteiger partial charge is 0.376 e. The van der Waals surface area contributed by atoms with E-state index < -0.39 is 0 Å². The fraction of sp³-hybridized carbons (Fsp3) is 0.562. The molecule has 108 valence electrons. The van der Waals surface area contributed by atoms with Crippen molar-refractivity contribution in [1.82, 2.24) is 9.55 Å². The van der Waals surface area contributed by atoms with Gasteiger partial charge in [-0.05, 0) is 37.5 Å². The number of fused-ring (bicyclic) bond motifs is 1. The first-order chi connectivity index (χ1) is 9.69. The van der Waals surface area contributed by atoms with Crippen molar-refractivity contribution in [1.29, 1.82) is 0 Å². The number of benzene rings is 1. The molecule has 3 nitrogen and oxygen atoms in total. The summed E-state index contributed by atoms with van der Waals surface area (Å²) >= 11 is 6.09. The van der Waals surface area contributed by atoms with E-state index in [0.29, 0.717) is 12.0 Å². The molecule has 0 N–H and O–H groups in total. The molecule has 20 heavy (non-hydrogen) atoms. The van der Waals surface area contributed by atoms with E-state index in [0.717, 1.165) is 42.4 Å². The normalized spacial score (nSPS) is 20.6. The number of rotatable bonds is 4. The highest BCUT2D eigenvalue weighted by molar-refractivity contribution is 6.31. The van der Waals surface area contributed by atoms with Gasteiger partial charge in [-0.3, -0.25) is 0 Å². The van der Waals surface area contributed by atoms with Crippen LogP contribution in [0.5, 0.6) is 0 Å². The van der Waals surface area contributed by atoms with Gasteiger partial charge in [0.2, 0.25) is 0 Å². The highest BCUT2D eigenvalue weighted by Gasteiger charge is 2.21. The van der Waals surface area contributed by atoms with E-state index in [1.807, 2.05) is 12.1 Å². The summed E-state index contributed by atoms with van der Waals surface area (Å²) in [6.07, 6.45) is 3.73. The van der Waals surface area contributed by atoms with Crippen LogP contribution in [0, 0.1) is 0 Å². The maximum Gasteiger partial charge on any atom is 0.112 e. The summed E-state index contributed by atoms with van der Waals surface area (Å²) in [5.41, 5.74) is 2.16. The van der Waals surface area contributed by atoms with Crippen LogP contribution in [0.3, 0.4) is 0 Å². The molecule has 2 heterocycles. The molecule has 0 amide bonds. The summed E-state index contributed by atoms with van der Waals surface area (Å²) in [5.74, 6) is 1.60. The number of imidazole rings is 1. The highest BCUT2D eigenvalue weighted by atomic mass is 35.5. The molecule has 1 aliphatic heterocycles. The molecule has 0 saturated carbocycles. The molecule has 3 rings (SSSR count). The Balaban J connectivity index is 2.04. The molecule has 2 aromatic rings. The van der Waals surface area contributed by atoms with E-state index in [1.54, 1.807) is 0 Å². The van der Waals surface area contributed by atoms with E-state index in [-0.39, 0.29) is 0 Å². The fourth-order valence-corrected chi connectivity index (χ4v) is 3.03. The van der Waals surface area contributed by atoms with E-state index in [4.69, 9.17) is 21.3 Å². The van der Waals surface area contributed by atoms with Gasteiger partial charge in [-0.1, -0.05) is 25.4 Å². The SMILES string of the molecule is CCC(C)c1nc2cc(Cl)ccc2n1CC1CCCO1. The first kappa shape index (κ1) is 13.9. The van der Waals surface area contributed by atoms with Gasteiger partial charge in [-0.25, -0.2) is 4.98 Å². The minimum absolute atomic E-state index is 0.325. The van der Waals surface area contributed by atoms with Gasteiger partial charge in [-0.15, -0.1) is 0 Å². The van der Waals surface area contributed by atoms with Crippen LogP contribution < -0.4 is 0 Å². The van der Waals surface area contributed by atoms with E-state index in [1.165, 1.54) is 11.9 Å². The van der Waals surface area contributed by atoms with Crippen molar-refractivity contribution < 1.29 is 4.74 Å². The molecule has 1 aromatic heterocycles. The van der Waals surface area contributed by atoms with Gasteiger partial charge in [0.1, 0.15) is 5.82 Å². The Morgan fingerprint density at radius 2 is 2.35 bits per heavy atom. The molecule has 1 saturated heterocycles. The number of hydrogen-bond acceptors (Lipinski definition) is 2. The number of hydrogen-bond donors (Lipinski definition) is 0. The van der Waals surface area contributed by atoms with Crippen molar-refractivity contribution in [3.05, 3.63) is 29.0 Å². The Morgan fingerprint density at radius 3 is 3.05 bits per heavy atom. The van der Waals surface area contributed by atoms with Crippen molar-refractivity contribution >= 4 is 22.6 Å². The van der Waals surface area contributed by atoms with Crippen LogP contribution in [-0.4, -0.2) is 22.3 Å². The molecule has 2 atom stereocenters. The number of nitrogens with zero attached hydrogens (tertiary/aromatic N) is 2. The highest BCUT2D eigenvalue weighted by Crippen LogP contribution is 2.27. The average molecular weight is 293 g/mol. The zero-order valence-corrected chi connectivity index (χ0v) is 12.9. The molecule has 0 bridgehead atoms. The molecule has 1 fully saturated rings. The first-order valence-corrected chi connectivity index (χ1v) is 7.84. The Morgan fingerprint density at radius 1 is 1.50 bits per heavy atom. The van der Waals surface area contributed by atoms with Crippen LogP contribution in [0.1, 0.15) is 44.9 Å². The van der Waals surface area contributed by atoms with Crippen molar-refractivity contribution in [2.75, 3.05) is 6.61 Å². The smallest absolute Gasteiger partial charge is 0.112 e. The predicted octanol–water partition coefficient (Wildman–Crippen LogP) is 4.38. The average Bonchev–Trinajstić information content (AvgIpc) is 3.06. The maximum atomic E-state index is 6.09. The van der Waals surface area contributed by atoms with Gasteiger partial charge in [0.05, 0.1) is 23.7 Å². The monoisotopic (exact) mass is 292 g/mol. The summed E-state index contributed by atoms with van der Waals surface area (Å²) in [4.78, 5) is 4.81. The van der Waals surface area contributed by atoms with Gasteiger partial charge >= 0.3 is 0 Å². The van der Waals surface area contributed by atoms with Gasteiger partial charge in [0.25, 0.3) is 0 Å². The third-order valence-corrected chi connectivity index (χ3v) is 4.44. The second-order valence-corrected chi connectivity index (χ2v) is 6.09. The number of halogens is 1. The van der Waals surface area contributed by atoms with Crippen LogP contribution in [-0.2, 0) is 11.3 Å². The topological polar surface area (TPSA) is 27.1 Å². The van der Waals surface area contributed by atoms with Crippen molar-refractivity contribution in [3.8, 4) is 0 Å². The third-order valence-electron chi connectivity index (χ3n) is 4.20. The Hall–Kier alpha value is -1.06. The van der Waals surface area contributed by atoms with Gasteiger partial charge in [-0.2, -0.15) is 0 Å². The lowest BCUT2D eigenvalue weighted by Crippen LogP contribution is -2.17. The van der Waals surface area contributed by atoms with Crippen molar-refractivity contribution in [2.24, 2.45) is 0 Å². The summed E-state index contributed by atoms with van der Waals surface area (Å²) in [6.45, 7) is 6.22. The molecular weight excluding hydrogens is 272 g/mol. The van der Waals surface area contributed by atoms with Crippen LogP contribution in [0.15, 0.2) is 18.2 Å². The lowest BCUT2D eigenvalue weighted by molar-refractivity contribution is 0.0970. The standard InChI is InChI=1S/C16H21ClN2O/c1-3-11(2)16-18-14-9-12(17)6-7-15(14)19(16)10-13-5-4-8-20-13/h6-7,9,11,13H,3-5,8,10H2,1-2H3. The van der Waals surface area contributed by atoms with E-state index in [9.17, 15) is 0 Å². The van der Waals surface area contributed by atoms with Crippen LogP contribution in [0.2, 0.25) is 5.02 Å². The van der Waals surface area contributed by atoms with Crippen molar-refractivity contribution in [2.45, 2.75) is 51.7 Å². The Kier molecular flexibility index (Phi) is 3.99. The second-order valence-electron chi connectivity index (χ2n) is 5.66. The lowest BCUT2D eigenvalue weighted by atomic mass is 10.1. The quantitative estimate of drug-likeness (QED) is 0.836. The molecule has 2 unspecified atom stereocenters. The Labute approximate surface area is 124 Å². The molecule has 0 radical (unpaired) electrons. The predicted molar refractivity (Wildman–Crippen MR) is 82.4 cm³/mol. The lowest BCUT2D eigenvalue weighted by Gasteiger charge is -2.16. The summed E-state index contributed by atoms with van der Waals surface area (Å²) in [7, 11) is 0. The van der Waals surface area contributed by atoms with Gasteiger partial charge in [0.15, 0.2) is 0 Å². The summed E-state index contributed by atoms with van der Waals surface area (Å²) in [6, 6.07) is 5.97. The summed E-state index contributed by atoms with van der Waals surface area (Å²) in [5, 5.41) is 0.745. The third kappa shape index (κ3) is 2.57. The van der Waals surface area contributed by atoms with Gasteiger partial charge < -0.3 is 9.30 Å². The molecule has 4 heteroatoms. The molecule has 0 aliphatic carbocycles. The van der Waals surface area contributed by atoms with Crippen LogP contribution in [0.4, 0.5) is 0 Å². The first-order valence-electron chi connectivity index (χ1n) is 7.46. The van der Waals surface area contributed by atoms with Crippen molar-refractivity contribution in [3.63, 3.8) is 0 Å². The molecule has 1 aromatic carbocycles.